The van der Waals surface area contributed by atoms with Gasteiger partial charge < -0.3 is 28.7 Å². The fraction of sp³-hybridized carbons (Fsp3) is 0.250. The molecule has 35 heavy (non-hydrogen) atoms. The number of carbonyl (C=O) groups excluding carboxylic acids is 1. The van der Waals surface area contributed by atoms with Gasteiger partial charge in [-0.2, -0.15) is 0 Å². The minimum atomic E-state index is -0.314. The van der Waals surface area contributed by atoms with Crippen LogP contribution in [0.4, 0.5) is 0 Å². The second-order valence-corrected chi connectivity index (χ2v) is 7.98. The maximum Gasteiger partial charge on any atom is 0.288 e. The van der Waals surface area contributed by atoms with E-state index in [0.29, 0.717) is 36.0 Å². The van der Waals surface area contributed by atoms with Gasteiger partial charge in [-0.15, -0.1) is 0 Å². The lowest BCUT2D eigenvalue weighted by molar-refractivity contribution is 0.0915. The topological polar surface area (TPSA) is 79.2 Å². The van der Waals surface area contributed by atoms with Gasteiger partial charge in [0.1, 0.15) is 17.9 Å². The van der Waals surface area contributed by atoms with Crippen molar-refractivity contribution in [2.75, 3.05) is 34.5 Å². The number of ether oxygens (including phenoxy) is 4. The fourth-order valence-electron chi connectivity index (χ4n) is 3.91. The molecule has 0 bridgehead atoms. The molecule has 0 spiro atoms. The molecule has 0 saturated carbocycles. The van der Waals surface area contributed by atoms with Crippen LogP contribution in [0.1, 0.15) is 29.1 Å². The zero-order valence-corrected chi connectivity index (χ0v) is 20.3. The van der Waals surface area contributed by atoms with Crippen LogP contribution in [-0.2, 0) is 4.74 Å². The van der Waals surface area contributed by atoms with Gasteiger partial charge in [-0.3, -0.25) is 4.79 Å². The summed E-state index contributed by atoms with van der Waals surface area (Å²) in [5.74, 6) is 1.79. The number of furan rings is 1. The number of carbonyl (C=O) groups is 1. The predicted molar refractivity (Wildman–Crippen MR) is 134 cm³/mol. The Bertz CT molecular complexity index is 1300. The average molecular weight is 476 g/mol. The van der Waals surface area contributed by atoms with Gasteiger partial charge in [-0.25, -0.2) is 0 Å². The molecular formula is C28H29NO6. The molecule has 0 aliphatic heterocycles. The van der Waals surface area contributed by atoms with Gasteiger partial charge in [0.2, 0.25) is 5.76 Å². The Balaban J connectivity index is 1.63. The molecule has 0 saturated heterocycles. The summed E-state index contributed by atoms with van der Waals surface area (Å²) in [6, 6.07) is 20.6. The molecule has 0 fully saturated rings. The molecule has 1 amide bonds. The highest BCUT2D eigenvalue weighted by atomic mass is 16.5. The van der Waals surface area contributed by atoms with Gasteiger partial charge in [-0.1, -0.05) is 36.4 Å². The summed E-state index contributed by atoms with van der Waals surface area (Å²) in [5.41, 5.74) is 3.09. The molecule has 1 unspecified atom stereocenters. The zero-order chi connectivity index (χ0) is 24.8. The lowest BCUT2D eigenvalue weighted by Gasteiger charge is -2.17. The summed E-state index contributed by atoms with van der Waals surface area (Å²) in [6.45, 7) is 2.80. The summed E-state index contributed by atoms with van der Waals surface area (Å²) in [7, 11) is 4.80. The van der Waals surface area contributed by atoms with Gasteiger partial charge in [0.15, 0.2) is 11.5 Å². The van der Waals surface area contributed by atoms with Crippen molar-refractivity contribution in [2.45, 2.75) is 13.0 Å². The summed E-state index contributed by atoms with van der Waals surface area (Å²) in [5, 5.41) is 3.90. The third kappa shape index (κ3) is 5.25. The number of nitrogens with one attached hydrogen (secondary N) is 1. The summed E-state index contributed by atoms with van der Waals surface area (Å²) < 4.78 is 27.6. The highest BCUT2D eigenvalue weighted by molar-refractivity contribution is 6.08. The van der Waals surface area contributed by atoms with Crippen LogP contribution in [0.2, 0.25) is 0 Å². The molecule has 3 aromatic carbocycles. The third-order valence-corrected chi connectivity index (χ3v) is 5.75. The smallest absolute Gasteiger partial charge is 0.288 e. The average Bonchev–Trinajstić information content (AvgIpc) is 3.28. The molecule has 7 nitrogen and oxygen atoms in total. The molecule has 0 radical (unpaired) electrons. The summed E-state index contributed by atoms with van der Waals surface area (Å²) >= 11 is 0. The number of methoxy groups -OCH3 is 3. The maximum absolute atomic E-state index is 13.4. The van der Waals surface area contributed by atoms with Gasteiger partial charge in [0.25, 0.3) is 5.91 Å². The number of rotatable bonds is 10. The quantitative estimate of drug-likeness (QED) is 0.299. The van der Waals surface area contributed by atoms with Crippen LogP contribution in [-0.4, -0.2) is 40.5 Å². The SMILES string of the molecule is COCCOc1ccc(C(C)NC(=O)c2oc3cc(OC)ccc3c2-c2ccccc2)cc1OC. The van der Waals surface area contributed by atoms with E-state index >= 15 is 0 Å². The second-order valence-electron chi connectivity index (χ2n) is 7.98. The van der Waals surface area contributed by atoms with Crippen molar-refractivity contribution in [2.24, 2.45) is 0 Å². The first kappa shape index (κ1) is 24.2. The maximum atomic E-state index is 13.4. The Morgan fingerprint density at radius 3 is 2.43 bits per heavy atom. The van der Waals surface area contributed by atoms with Crippen molar-refractivity contribution in [1.29, 1.82) is 0 Å². The molecule has 7 heteroatoms. The lowest BCUT2D eigenvalue weighted by Crippen LogP contribution is -2.26. The van der Waals surface area contributed by atoms with Crippen LogP contribution in [0.3, 0.4) is 0 Å². The van der Waals surface area contributed by atoms with E-state index in [1.807, 2.05) is 67.6 Å². The second kappa shape index (κ2) is 11.0. The molecule has 4 rings (SSSR count). The normalized spacial score (nSPS) is 11.8. The summed E-state index contributed by atoms with van der Waals surface area (Å²) in [6.07, 6.45) is 0. The predicted octanol–water partition coefficient (Wildman–Crippen LogP) is 5.63. The molecule has 1 atom stereocenters. The largest absolute Gasteiger partial charge is 0.497 e. The van der Waals surface area contributed by atoms with E-state index in [1.54, 1.807) is 27.4 Å². The van der Waals surface area contributed by atoms with E-state index in [1.165, 1.54) is 0 Å². The Kier molecular flexibility index (Phi) is 7.57. The van der Waals surface area contributed by atoms with Gasteiger partial charge in [0.05, 0.1) is 26.9 Å². The highest BCUT2D eigenvalue weighted by Crippen LogP contribution is 2.37. The summed E-state index contributed by atoms with van der Waals surface area (Å²) in [4.78, 5) is 13.4. The van der Waals surface area contributed by atoms with Crippen LogP contribution in [0, 0.1) is 0 Å². The fourth-order valence-corrected chi connectivity index (χ4v) is 3.91. The Morgan fingerprint density at radius 1 is 0.914 bits per heavy atom. The number of benzene rings is 3. The first-order valence-corrected chi connectivity index (χ1v) is 11.3. The van der Waals surface area contributed by atoms with Gasteiger partial charge in [-0.05, 0) is 42.3 Å². The van der Waals surface area contributed by atoms with E-state index < -0.39 is 0 Å². The van der Waals surface area contributed by atoms with E-state index in [-0.39, 0.29) is 17.7 Å². The Morgan fingerprint density at radius 2 is 1.71 bits per heavy atom. The first-order chi connectivity index (χ1) is 17.0. The molecule has 182 valence electrons. The number of hydrogen-bond acceptors (Lipinski definition) is 6. The first-order valence-electron chi connectivity index (χ1n) is 11.3. The zero-order valence-electron chi connectivity index (χ0n) is 20.3. The Labute approximate surface area is 204 Å². The van der Waals surface area contributed by atoms with Crippen molar-refractivity contribution in [3.63, 3.8) is 0 Å². The number of amides is 1. The van der Waals surface area contributed by atoms with E-state index in [9.17, 15) is 4.79 Å². The van der Waals surface area contributed by atoms with Gasteiger partial charge >= 0.3 is 0 Å². The van der Waals surface area contributed by atoms with Crippen molar-refractivity contribution >= 4 is 16.9 Å². The lowest BCUT2D eigenvalue weighted by atomic mass is 10.0. The molecule has 4 aromatic rings. The molecule has 1 aromatic heterocycles. The molecule has 1 N–H and O–H groups in total. The van der Waals surface area contributed by atoms with E-state index in [2.05, 4.69) is 5.32 Å². The van der Waals surface area contributed by atoms with Crippen LogP contribution < -0.4 is 19.5 Å². The molecule has 0 aliphatic carbocycles. The van der Waals surface area contributed by atoms with Crippen LogP contribution in [0.25, 0.3) is 22.1 Å². The Hall–Kier alpha value is -3.97. The van der Waals surface area contributed by atoms with E-state index in [0.717, 1.165) is 22.1 Å². The van der Waals surface area contributed by atoms with Crippen LogP contribution in [0.15, 0.2) is 71.1 Å². The van der Waals surface area contributed by atoms with Gasteiger partial charge in [0, 0.05) is 24.1 Å². The molecule has 0 aliphatic rings. The highest BCUT2D eigenvalue weighted by Gasteiger charge is 2.24. The van der Waals surface area contributed by atoms with Crippen LogP contribution in [0.5, 0.6) is 17.2 Å². The van der Waals surface area contributed by atoms with Crippen molar-refractivity contribution in [3.8, 4) is 28.4 Å². The van der Waals surface area contributed by atoms with Crippen molar-refractivity contribution in [3.05, 3.63) is 78.1 Å². The van der Waals surface area contributed by atoms with E-state index in [4.69, 9.17) is 23.4 Å². The number of fused-ring (bicyclic) bond motifs is 1. The molecule has 1 heterocycles. The monoisotopic (exact) mass is 475 g/mol. The number of hydrogen-bond donors (Lipinski definition) is 1. The minimum Gasteiger partial charge on any atom is -0.497 e. The standard InChI is InChI=1S/C28H29NO6/c1-18(20-10-13-23(25(16-20)33-4)34-15-14-31-2)29-28(30)27-26(19-8-6-5-7-9-19)22-12-11-21(32-3)17-24(22)35-27/h5-13,16-18H,14-15H2,1-4H3,(H,29,30). The van der Waals surface area contributed by atoms with Crippen molar-refractivity contribution in [1.82, 2.24) is 5.32 Å². The third-order valence-electron chi connectivity index (χ3n) is 5.75. The minimum absolute atomic E-state index is 0.248. The van der Waals surface area contributed by atoms with Crippen LogP contribution >= 0.6 is 0 Å². The molecular weight excluding hydrogens is 446 g/mol. The van der Waals surface area contributed by atoms with Crippen molar-refractivity contribution < 1.29 is 28.2 Å².